The van der Waals surface area contributed by atoms with Crippen LogP contribution in [0.15, 0.2) is 23.1 Å². The van der Waals surface area contributed by atoms with E-state index in [1.165, 1.54) is 12.1 Å². The van der Waals surface area contributed by atoms with Gasteiger partial charge in [-0.2, -0.15) is 0 Å². The Kier molecular flexibility index (Phi) is 6.45. The van der Waals surface area contributed by atoms with Gasteiger partial charge in [-0.15, -0.1) is 0 Å². The van der Waals surface area contributed by atoms with Crippen LogP contribution in [0.25, 0.3) is 0 Å². The molecule has 114 valence electrons. The van der Waals surface area contributed by atoms with Gasteiger partial charge in [0.05, 0.1) is 4.90 Å². The average Bonchev–Trinajstić information content (AvgIpc) is 2.37. The second-order valence-corrected chi connectivity index (χ2v) is 7.35. The Hall–Kier alpha value is -0.620. The molecular weight excluding hydrogens is 296 g/mol. The normalized spacial score (nSPS) is 15.1. The molecule has 0 saturated carbocycles. The molecule has 4 nitrogen and oxygen atoms in total. The van der Waals surface area contributed by atoms with Gasteiger partial charge in [-0.1, -0.05) is 31.9 Å². The molecule has 0 aliphatic rings. The first-order valence-electron chi connectivity index (χ1n) is 6.81. The molecule has 0 fully saturated rings. The van der Waals surface area contributed by atoms with Crippen molar-refractivity contribution in [2.24, 2.45) is 11.7 Å². The summed E-state index contributed by atoms with van der Waals surface area (Å²) in [6.07, 6.45) is 1.84. The highest BCUT2D eigenvalue weighted by molar-refractivity contribution is 7.89. The van der Waals surface area contributed by atoms with E-state index in [0.717, 1.165) is 12.8 Å². The largest absolute Gasteiger partial charge is 0.326 e. The summed E-state index contributed by atoms with van der Waals surface area (Å²) in [5.41, 5.74) is 6.18. The topological polar surface area (TPSA) is 72.2 Å². The standard InChI is InChI=1S/C14H23ClN2O2S/c1-4-10(2)7-11(3)17-20(18,19)13-5-6-14(15)12(8-13)9-16/h5-6,8,10-11,17H,4,7,9,16H2,1-3H3. The summed E-state index contributed by atoms with van der Waals surface area (Å²) in [6, 6.07) is 4.49. The highest BCUT2D eigenvalue weighted by Crippen LogP contribution is 2.20. The molecule has 0 amide bonds. The number of hydrogen-bond acceptors (Lipinski definition) is 3. The first kappa shape index (κ1) is 17.4. The van der Waals surface area contributed by atoms with Gasteiger partial charge in [0.1, 0.15) is 0 Å². The van der Waals surface area contributed by atoms with Crippen molar-refractivity contribution in [1.82, 2.24) is 4.72 Å². The Bertz CT molecular complexity index is 546. The van der Waals surface area contributed by atoms with E-state index in [1.54, 1.807) is 6.07 Å². The van der Waals surface area contributed by atoms with Gasteiger partial charge in [0.2, 0.25) is 10.0 Å². The smallest absolute Gasteiger partial charge is 0.240 e. The highest BCUT2D eigenvalue weighted by atomic mass is 35.5. The third-order valence-corrected chi connectivity index (χ3v) is 5.31. The van der Waals surface area contributed by atoms with Crippen molar-refractivity contribution in [2.75, 3.05) is 0 Å². The van der Waals surface area contributed by atoms with Crippen LogP contribution in [-0.4, -0.2) is 14.5 Å². The summed E-state index contributed by atoms with van der Waals surface area (Å²) in [5, 5.41) is 0.485. The molecule has 0 heterocycles. The van der Waals surface area contributed by atoms with Gasteiger partial charge in [0.15, 0.2) is 0 Å². The molecule has 0 aliphatic heterocycles. The Balaban J connectivity index is 2.88. The van der Waals surface area contributed by atoms with E-state index in [9.17, 15) is 8.42 Å². The fourth-order valence-electron chi connectivity index (χ4n) is 2.03. The van der Waals surface area contributed by atoms with Crippen LogP contribution < -0.4 is 10.5 Å². The highest BCUT2D eigenvalue weighted by Gasteiger charge is 2.19. The monoisotopic (exact) mass is 318 g/mol. The molecular formula is C14H23ClN2O2S. The summed E-state index contributed by atoms with van der Waals surface area (Å²) < 4.78 is 27.3. The summed E-state index contributed by atoms with van der Waals surface area (Å²) in [6.45, 7) is 6.30. The van der Waals surface area contributed by atoms with Gasteiger partial charge in [-0.3, -0.25) is 0 Å². The van der Waals surface area contributed by atoms with Gasteiger partial charge in [0.25, 0.3) is 0 Å². The van der Waals surface area contributed by atoms with E-state index in [1.807, 2.05) is 6.92 Å². The predicted octanol–water partition coefficient (Wildman–Crippen LogP) is 2.90. The molecule has 1 aromatic rings. The van der Waals surface area contributed by atoms with Crippen molar-refractivity contribution in [3.8, 4) is 0 Å². The number of nitrogens with one attached hydrogen (secondary N) is 1. The molecule has 0 aromatic heterocycles. The van der Waals surface area contributed by atoms with Crippen molar-refractivity contribution in [3.63, 3.8) is 0 Å². The van der Waals surface area contributed by atoms with Gasteiger partial charge in [-0.25, -0.2) is 13.1 Å². The lowest BCUT2D eigenvalue weighted by atomic mass is 10.0. The number of benzene rings is 1. The van der Waals surface area contributed by atoms with E-state index in [-0.39, 0.29) is 17.5 Å². The van der Waals surface area contributed by atoms with Crippen molar-refractivity contribution in [3.05, 3.63) is 28.8 Å². The quantitative estimate of drug-likeness (QED) is 0.812. The van der Waals surface area contributed by atoms with E-state index in [0.29, 0.717) is 16.5 Å². The summed E-state index contributed by atoms with van der Waals surface area (Å²) in [4.78, 5) is 0.207. The van der Waals surface area contributed by atoms with Crippen LogP contribution in [0, 0.1) is 5.92 Å². The third-order valence-electron chi connectivity index (χ3n) is 3.36. The van der Waals surface area contributed by atoms with Crippen LogP contribution in [0.4, 0.5) is 0 Å². The summed E-state index contributed by atoms with van der Waals surface area (Å²) in [7, 11) is -3.53. The van der Waals surface area contributed by atoms with Crippen LogP contribution in [0.5, 0.6) is 0 Å². The lowest BCUT2D eigenvalue weighted by Gasteiger charge is -2.18. The molecule has 2 unspecified atom stereocenters. The first-order valence-corrected chi connectivity index (χ1v) is 8.67. The number of halogens is 1. The molecule has 0 aliphatic carbocycles. The average molecular weight is 319 g/mol. The Morgan fingerprint density at radius 1 is 1.35 bits per heavy atom. The van der Waals surface area contributed by atoms with Crippen LogP contribution >= 0.6 is 11.6 Å². The van der Waals surface area contributed by atoms with E-state index in [4.69, 9.17) is 17.3 Å². The second kappa shape index (κ2) is 7.41. The van der Waals surface area contributed by atoms with Gasteiger partial charge >= 0.3 is 0 Å². The van der Waals surface area contributed by atoms with Crippen molar-refractivity contribution >= 4 is 21.6 Å². The van der Waals surface area contributed by atoms with Crippen LogP contribution in [0.3, 0.4) is 0 Å². The zero-order valence-corrected chi connectivity index (χ0v) is 13.8. The zero-order valence-electron chi connectivity index (χ0n) is 12.2. The molecule has 0 radical (unpaired) electrons. The number of hydrogen-bond donors (Lipinski definition) is 2. The zero-order chi connectivity index (χ0) is 15.3. The Morgan fingerprint density at radius 3 is 2.55 bits per heavy atom. The fraction of sp³-hybridized carbons (Fsp3) is 0.571. The lowest BCUT2D eigenvalue weighted by Crippen LogP contribution is -2.33. The second-order valence-electron chi connectivity index (χ2n) is 5.23. The molecule has 0 saturated heterocycles. The summed E-state index contributed by atoms with van der Waals surface area (Å²) in [5.74, 6) is 0.484. The van der Waals surface area contributed by atoms with Crippen LogP contribution in [0.1, 0.15) is 39.2 Å². The molecule has 0 bridgehead atoms. The molecule has 2 atom stereocenters. The lowest BCUT2D eigenvalue weighted by molar-refractivity contribution is 0.445. The van der Waals surface area contributed by atoms with E-state index >= 15 is 0 Å². The van der Waals surface area contributed by atoms with Crippen molar-refractivity contribution in [2.45, 2.75) is 51.1 Å². The van der Waals surface area contributed by atoms with E-state index < -0.39 is 10.0 Å². The molecule has 3 N–H and O–H groups in total. The van der Waals surface area contributed by atoms with Crippen LogP contribution in [0.2, 0.25) is 5.02 Å². The fourth-order valence-corrected chi connectivity index (χ4v) is 3.53. The molecule has 20 heavy (non-hydrogen) atoms. The van der Waals surface area contributed by atoms with Gasteiger partial charge in [0, 0.05) is 17.6 Å². The predicted molar refractivity (Wildman–Crippen MR) is 83.2 cm³/mol. The van der Waals surface area contributed by atoms with Crippen molar-refractivity contribution in [1.29, 1.82) is 0 Å². The molecule has 1 rings (SSSR count). The van der Waals surface area contributed by atoms with Gasteiger partial charge in [-0.05, 0) is 43.0 Å². The minimum absolute atomic E-state index is 0.105. The third kappa shape index (κ3) is 4.74. The SMILES string of the molecule is CCC(C)CC(C)NS(=O)(=O)c1ccc(Cl)c(CN)c1. The molecule has 1 aromatic carbocycles. The first-order chi connectivity index (χ1) is 9.30. The number of rotatable bonds is 7. The van der Waals surface area contributed by atoms with E-state index in [2.05, 4.69) is 18.6 Å². The minimum atomic E-state index is -3.53. The Labute approximate surface area is 126 Å². The number of sulfonamides is 1. The van der Waals surface area contributed by atoms with Crippen molar-refractivity contribution < 1.29 is 8.42 Å². The maximum absolute atomic E-state index is 12.3. The molecule has 6 heteroatoms. The van der Waals surface area contributed by atoms with Crippen LogP contribution in [-0.2, 0) is 16.6 Å². The number of nitrogens with two attached hydrogens (primary N) is 1. The maximum atomic E-state index is 12.3. The Morgan fingerprint density at radius 2 is 2.00 bits per heavy atom. The summed E-state index contributed by atoms with van der Waals surface area (Å²) >= 11 is 5.94. The molecule has 0 spiro atoms. The maximum Gasteiger partial charge on any atom is 0.240 e. The minimum Gasteiger partial charge on any atom is -0.326 e. The van der Waals surface area contributed by atoms with Gasteiger partial charge < -0.3 is 5.73 Å².